The molecule has 21 heavy (non-hydrogen) atoms. The number of hydrogen-bond acceptors (Lipinski definition) is 5. The average Bonchev–Trinajstić information content (AvgIpc) is 2.80. The number of rotatable bonds is 6. The van der Waals surface area contributed by atoms with Crippen LogP contribution < -0.4 is 10.1 Å². The van der Waals surface area contributed by atoms with Crippen LogP contribution in [-0.4, -0.2) is 46.9 Å². The molecule has 1 N–H and O–H groups in total. The van der Waals surface area contributed by atoms with Gasteiger partial charge in [0.05, 0.1) is 5.75 Å². The normalized spacial score (nSPS) is 16.0. The van der Waals surface area contributed by atoms with Crippen molar-refractivity contribution in [3.63, 3.8) is 0 Å². The van der Waals surface area contributed by atoms with Gasteiger partial charge in [0.25, 0.3) is 11.1 Å². The molecule has 0 radical (unpaired) electrons. The Morgan fingerprint density at radius 1 is 1.38 bits per heavy atom. The number of nitrogens with zero attached hydrogens (tertiary/aromatic N) is 1. The van der Waals surface area contributed by atoms with Crippen molar-refractivity contribution in [1.82, 2.24) is 10.2 Å². The SMILES string of the molecule is CC(Oc1ccccc1)C(=O)NCCN1C(=O)CSC1=O. The highest BCUT2D eigenvalue weighted by molar-refractivity contribution is 8.14. The van der Waals surface area contributed by atoms with E-state index in [0.717, 1.165) is 16.7 Å². The number of para-hydroxylation sites is 1. The van der Waals surface area contributed by atoms with Crippen molar-refractivity contribution in [2.45, 2.75) is 13.0 Å². The zero-order valence-corrected chi connectivity index (χ0v) is 12.4. The van der Waals surface area contributed by atoms with Gasteiger partial charge in [0, 0.05) is 13.1 Å². The maximum absolute atomic E-state index is 11.9. The molecule has 3 amide bonds. The molecular formula is C14H16N2O4S. The van der Waals surface area contributed by atoms with E-state index in [4.69, 9.17) is 4.74 Å². The molecule has 1 saturated heterocycles. The van der Waals surface area contributed by atoms with Gasteiger partial charge in [-0.3, -0.25) is 19.3 Å². The lowest BCUT2D eigenvalue weighted by molar-refractivity contribution is -0.128. The molecule has 1 aliphatic rings. The number of carbonyl (C=O) groups excluding carboxylic acids is 3. The van der Waals surface area contributed by atoms with Crippen LogP contribution in [0.5, 0.6) is 5.75 Å². The summed E-state index contributed by atoms with van der Waals surface area (Å²) in [5.41, 5.74) is 0. The van der Waals surface area contributed by atoms with Crippen LogP contribution >= 0.6 is 11.8 Å². The summed E-state index contributed by atoms with van der Waals surface area (Å²) in [5.74, 6) is 0.292. The molecule has 1 unspecified atom stereocenters. The minimum atomic E-state index is -0.647. The Kier molecular flexibility index (Phi) is 5.21. The van der Waals surface area contributed by atoms with E-state index in [1.54, 1.807) is 19.1 Å². The van der Waals surface area contributed by atoms with Crippen LogP contribution in [0.2, 0.25) is 0 Å². The van der Waals surface area contributed by atoms with Crippen LogP contribution in [0, 0.1) is 0 Å². The first kappa shape index (κ1) is 15.4. The summed E-state index contributed by atoms with van der Waals surface area (Å²) in [6, 6.07) is 9.04. The van der Waals surface area contributed by atoms with E-state index < -0.39 is 6.10 Å². The minimum Gasteiger partial charge on any atom is -0.481 e. The molecule has 1 heterocycles. The molecule has 0 aromatic heterocycles. The first-order chi connectivity index (χ1) is 10.1. The van der Waals surface area contributed by atoms with Gasteiger partial charge in [-0.25, -0.2) is 0 Å². The highest BCUT2D eigenvalue weighted by atomic mass is 32.2. The predicted octanol–water partition coefficient (Wildman–Crippen LogP) is 1.27. The van der Waals surface area contributed by atoms with Crippen molar-refractivity contribution < 1.29 is 19.1 Å². The second-order valence-corrected chi connectivity index (χ2v) is 5.39. The average molecular weight is 308 g/mol. The minimum absolute atomic E-state index is 0.181. The van der Waals surface area contributed by atoms with E-state index >= 15 is 0 Å². The molecule has 112 valence electrons. The van der Waals surface area contributed by atoms with Gasteiger partial charge < -0.3 is 10.1 Å². The summed E-state index contributed by atoms with van der Waals surface area (Å²) >= 11 is 0.980. The van der Waals surface area contributed by atoms with E-state index in [1.165, 1.54) is 0 Å². The lowest BCUT2D eigenvalue weighted by Gasteiger charge is -2.16. The number of imide groups is 1. The lowest BCUT2D eigenvalue weighted by Crippen LogP contribution is -2.42. The van der Waals surface area contributed by atoms with Crippen molar-refractivity contribution in [3.8, 4) is 5.75 Å². The third-order valence-corrected chi connectivity index (χ3v) is 3.76. The van der Waals surface area contributed by atoms with Gasteiger partial charge in [-0.1, -0.05) is 30.0 Å². The third-order valence-electron chi connectivity index (χ3n) is 2.90. The van der Waals surface area contributed by atoms with Gasteiger partial charge in [0.15, 0.2) is 6.10 Å². The molecule has 1 aromatic carbocycles. The van der Waals surface area contributed by atoms with Crippen molar-refractivity contribution in [2.24, 2.45) is 0 Å². The number of benzene rings is 1. The van der Waals surface area contributed by atoms with Gasteiger partial charge >= 0.3 is 0 Å². The largest absolute Gasteiger partial charge is 0.481 e. The number of nitrogens with one attached hydrogen (secondary N) is 1. The monoisotopic (exact) mass is 308 g/mol. The van der Waals surface area contributed by atoms with E-state index in [2.05, 4.69) is 5.32 Å². The number of ether oxygens (including phenoxy) is 1. The zero-order chi connectivity index (χ0) is 15.2. The summed E-state index contributed by atoms with van der Waals surface area (Å²) in [7, 11) is 0. The van der Waals surface area contributed by atoms with Crippen molar-refractivity contribution in [2.75, 3.05) is 18.8 Å². The number of hydrogen-bond donors (Lipinski definition) is 1. The van der Waals surface area contributed by atoms with Crippen LogP contribution in [0.1, 0.15) is 6.92 Å². The maximum Gasteiger partial charge on any atom is 0.288 e. The summed E-state index contributed by atoms with van der Waals surface area (Å²) in [5, 5.41) is 2.39. The predicted molar refractivity (Wildman–Crippen MR) is 79.1 cm³/mol. The van der Waals surface area contributed by atoms with Crippen molar-refractivity contribution in [1.29, 1.82) is 0 Å². The smallest absolute Gasteiger partial charge is 0.288 e. The van der Waals surface area contributed by atoms with Crippen molar-refractivity contribution >= 4 is 28.8 Å². The Morgan fingerprint density at radius 3 is 2.71 bits per heavy atom. The lowest BCUT2D eigenvalue weighted by atomic mass is 10.3. The highest BCUT2D eigenvalue weighted by Gasteiger charge is 2.29. The van der Waals surface area contributed by atoms with Crippen LogP contribution in [0.4, 0.5) is 4.79 Å². The Balaban J connectivity index is 1.74. The number of thioether (sulfide) groups is 1. The molecule has 2 rings (SSSR count). The quantitative estimate of drug-likeness (QED) is 0.856. The third kappa shape index (κ3) is 4.22. The Hall–Kier alpha value is -2.02. The van der Waals surface area contributed by atoms with E-state index in [-0.39, 0.29) is 35.9 Å². The summed E-state index contributed by atoms with van der Waals surface area (Å²) < 4.78 is 5.48. The Labute approximate surface area is 126 Å². The molecule has 1 aliphatic heterocycles. The molecule has 0 saturated carbocycles. The second kappa shape index (κ2) is 7.12. The molecule has 0 aliphatic carbocycles. The first-order valence-electron chi connectivity index (χ1n) is 6.54. The van der Waals surface area contributed by atoms with E-state index in [1.807, 2.05) is 18.2 Å². The molecule has 7 heteroatoms. The second-order valence-electron chi connectivity index (χ2n) is 4.46. The highest BCUT2D eigenvalue weighted by Crippen LogP contribution is 2.17. The van der Waals surface area contributed by atoms with Crippen LogP contribution in [-0.2, 0) is 9.59 Å². The van der Waals surface area contributed by atoms with Crippen LogP contribution in [0.25, 0.3) is 0 Å². The molecule has 6 nitrogen and oxygen atoms in total. The fourth-order valence-electron chi connectivity index (χ4n) is 1.79. The molecule has 1 fully saturated rings. The van der Waals surface area contributed by atoms with Gasteiger partial charge in [0.1, 0.15) is 5.75 Å². The topological polar surface area (TPSA) is 75.7 Å². The molecule has 1 atom stereocenters. The summed E-state index contributed by atoms with van der Waals surface area (Å²) in [6.45, 7) is 2.05. The van der Waals surface area contributed by atoms with E-state index in [0.29, 0.717) is 5.75 Å². The first-order valence-corrected chi connectivity index (χ1v) is 7.53. The molecule has 0 spiro atoms. The fourth-order valence-corrected chi connectivity index (χ4v) is 2.54. The maximum atomic E-state index is 11.9. The molecular weight excluding hydrogens is 292 g/mol. The number of amides is 3. The van der Waals surface area contributed by atoms with Gasteiger partial charge in [-0.05, 0) is 19.1 Å². The van der Waals surface area contributed by atoms with E-state index in [9.17, 15) is 14.4 Å². The van der Waals surface area contributed by atoms with Gasteiger partial charge in [-0.15, -0.1) is 0 Å². The fraction of sp³-hybridized carbons (Fsp3) is 0.357. The zero-order valence-electron chi connectivity index (χ0n) is 11.6. The summed E-state index contributed by atoms with van der Waals surface area (Å²) in [6.07, 6.45) is -0.647. The summed E-state index contributed by atoms with van der Waals surface area (Å²) in [4.78, 5) is 35.7. The molecule has 0 bridgehead atoms. The number of carbonyl (C=O) groups is 3. The Morgan fingerprint density at radius 2 is 2.10 bits per heavy atom. The van der Waals surface area contributed by atoms with Crippen molar-refractivity contribution in [3.05, 3.63) is 30.3 Å². The van der Waals surface area contributed by atoms with Gasteiger partial charge in [0.2, 0.25) is 5.91 Å². The van der Waals surface area contributed by atoms with Gasteiger partial charge in [-0.2, -0.15) is 0 Å². The molecule has 1 aromatic rings. The van der Waals surface area contributed by atoms with Crippen LogP contribution in [0.3, 0.4) is 0 Å². The Bertz CT molecular complexity index is 519. The standard InChI is InChI=1S/C14H16N2O4S/c1-10(20-11-5-3-2-4-6-11)13(18)15-7-8-16-12(17)9-21-14(16)19/h2-6,10H,7-9H2,1H3,(H,15,18). The van der Waals surface area contributed by atoms with Crippen LogP contribution in [0.15, 0.2) is 30.3 Å².